The molecule has 0 saturated carbocycles. The van der Waals surface area contributed by atoms with Crippen molar-refractivity contribution in [1.29, 1.82) is 0 Å². The lowest BCUT2D eigenvalue weighted by molar-refractivity contribution is -0.113. The van der Waals surface area contributed by atoms with Crippen LogP contribution in [0.25, 0.3) is 22.6 Å². The van der Waals surface area contributed by atoms with Gasteiger partial charge < -0.3 is 9.88 Å². The molecule has 0 unspecified atom stereocenters. The van der Waals surface area contributed by atoms with Crippen molar-refractivity contribution in [3.05, 3.63) is 51.0 Å². The fourth-order valence-corrected chi connectivity index (χ4v) is 5.49. The Morgan fingerprint density at radius 2 is 1.87 bits per heavy atom. The van der Waals surface area contributed by atoms with Gasteiger partial charge in [-0.05, 0) is 33.3 Å². The molecule has 0 spiro atoms. The maximum atomic E-state index is 12.5. The van der Waals surface area contributed by atoms with Crippen molar-refractivity contribution in [2.24, 2.45) is 0 Å². The van der Waals surface area contributed by atoms with E-state index in [0.29, 0.717) is 5.13 Å². The van der Waals surface area contributed by atoms with E-state index in [2.05, 4.69) is 70.3 Å². The fraction of sp³-hybridized carbons (Fsp3) is 0.273. The highest BCUT2D eigenvalue weighted by molar-refractivity contribution is 7.99. The van der Waals surface area contributed by atoms with Gasteiger partial charge in [0.1, 0.15) is 0 Å². The molecule has 6 nitrogen and oxygen atoms in total. The summed E-state index contributed by atoms with van der Waals surface area (Å²) in [7, 11) is 0. The molecule has 1 N–H and O–H groups in total. The summed E-state index contributed by atoms with van der Waals surface area (Å²) in [5, 5.41) is 17.0. The number of nitrogens with one attached hydrogen (secondary N) is 1. The van der Waals surface area contributed by atoms with Crippen LogP contribution in [0.2, 0.25) is 0 Å². The van der Waals surface area contributed by atoms with Crippen molar-refractivity contribution in [3.8, 4) is 22.6 Å². The summed E-state index contributed by atoms with van der Waals surface area (Å²) < 4.78 is 2.06. The number of carbonyl (C=O) groups is 1. The number of thioether (sulfide) groups is 1. The van der Waals surface area contributed by atoms with E-state index in [1.165, 1.54) is 39.1 Å². The second kappa shape index (κ2) is 9.33. The van der Waals surface area contributed by atoms with Crippen LogP contribution in [0.15, 0.2) is 40.2 Å². The standard InChI is InChI=1S/C22H23N5OS3/c1-5-27-20(17-10-29-15(4)14(17)3)25-26-22(27)31-12-19(28)24-21-23-18(11-30-21)16-8-6-13(2)7-9-16/h6-11H,5,12H2,1-4H3,(H,23,24,28). The van der Waals surface area contributed by atoms with Crippen molar-refractivity contribution in [2.45, 2.75) is 39.4 Å². The van der Waals surface area contributed by atoms with Crippen LogP contribution >= 0.6 is 34.4 Å². The highest BCUT2D eigenvalue weighted by Crippen LogP contribution is 2.31. The summed E-state index contributed by atoms with van der Waals surface area (Å²) in [6.45, 7) is 9.08. The number of hydrogen-bond donors (Lipinski definition) is 1. The van der Waals surface area contributed by atoms with E-state index in [0.717, 1.165) is 34.3 Å². The predicted molar refractivity (Wildman–Crippen MR) is 130 cm³/mol. The Hall–Kier alpha value is -2.49. The van der Waals surface area contributed by atoms with Gasteiger partial charge in [0.25, 0.3) is 0 Å². The molecule has 0 aliphatic heterocycles. The predicted octanol–water partition coefficient (Wildman–Crippen LogP) is 5.81. The molecule has 0 aliphatic rings. The zero-order valence-electron chi connectivity index (χ0n) is 17.8. The number of aryl methyl sites for hydroxylation is 2. The van der Waals surface area contributed by atoms with Crippen LogP contribution in [0.3, 0.4) is 0 Å². The number of benzene rings is 1. The first kappa shape index (κ1) is 21.7. The molecule has 0 fully saturated rings. The van der Waals surface area contributed by atoms with E-state index in [4.69, 9.17) is 0 Å². The van der Waals surface area contributed by atoms with Crippen LogP contribution in [0, 0.1) is 20.8 Å². The summed E-state index contributed by atoms with van der Waals surface area (Å²) in [6.07, 6.45) is 0. The lowest BCUT2D eigenvalue weighted by atomic mass is 10.1. The first-order valence-corrected chi connectivity index (χ1v) is 12.6. The van der Waals surface area contributed by atoms with Gasteiger partial charge in [-0.2, -0.15) is 0 Å². The molecule has 160 valence electrons. The number of thiophene rings is 1. The summed E-state index contributed by atoms with van der Waals surface area (Å²) in [5.74, 6) is 0.999. The van der Waals surface area contributed by atoms with Crippen LogP contribution in [-0.4, -0.2) is 31.4 Å². The number of nitrogens with zero attached hydrogens (tertiary/aromatic N) is 4. The van der Waals surface area contributed by atoms with Gasteiger partial charge in [0, 0.05) is 33.3 Å². The molecular weight excluding hydrogens is 446 g/mol. The third-order valence-corrected chi connectivity index (χ3v) is 7.73. The summed E-state index contributed by atoms with van der Waals surface area (Å²) in [4.78, 5) is 18.3. The number of amides is 1. The van der Waals surface area contributed by atoms with E-state index in [1.54, 1.807) is 11.3 Å². The minimum Gasteiger partial charge on any atom is -0.302 e. The van der Waals surface area contributed by atoms with Gasteiger partial charge in [-0.3, -0.25) is 4.79 Å². The third kappa shape index (κ3) is 4.73. The normalized spacial score (nSPS) is 11.1. The molecule has 3 heterocycles. The van der Waals surface area contributed by atoms with Crippen LogP contribution in [0.1, 0.15) is 22.9 Å². The van der Waals surface area contributed by atoms with Gasteiger partial charge in [0.05, 0.1) is 11.4 Å². The summed E-state index contributed by atoms with van der Waals surface area (Å²) >= 11 is 4.53. The van der Waals surface area contributed by atoms with E-state index >= 15 is 0 Å². The van der Waals surface area contributed by atoms with Crippen LogP contribution < -0.4 is 5.32 Å². The number of thiazole rings is 1. The smallest absolute Gasteiger partial charge is 0.236 e. The first-order chi connectivity index (χ1) is 15.0. The largest absolute Gasteiger partial charge is 0.302 e. The fourth-order valence-electron chi connectivity index (χ4n) is 3.09. The minimum atomic E-state index is -0.107. The molecule has 9 heteroatoms. The highest BCUT2D eigenvalue weighted by atomic mass is 32.2. The molecule has 0 radical (unpaired) electrons. The van der Waals surface area contributed by atoms with Crippen molar-refractivity contribution in [3.63, 3.8) is 0 Å². The van der Waals surface area contributed by atoms with Gasteiger partial charge in [0.15, 0.2) is 16.1 Å². The zero-order chi connectivity index (χ0) is 22.0. The van der Waals surface area contributed by atoms with Gasteiger partial charge >= 0.3 is 0 Å². The van der Waals surface area contributed by atoms with Crippen molar-refractivity contribution < 1.29 is 4.79 Å². The lowest BCUT2D eigenvalue weighted by Gasteiger charge is -2.07. The third-order valence-electron chi connectivity index (χ3n) is 4.99. The Labute approximate surface area is 193 Å². The molecule has 0 saturated heterocycles. The van der Waals surface area contributed by atoms with E-state index in [-0.39, 0.29) is 11.7 Å². The Morgan fingerprint density at radius 1 is 1.10 bits per heavy atom. The zero-order valence-corrected chi connectivity index (χ0v) is 20.2. The number of anilines is 1. The summed E-state index contributed by atoms with van der Waals surface area (Å²) in [6, 6.07) is 8.19. The minimum absolute atomic E-state index is 0.107. The molecule has 0 bridgehead atoms. The van der Waals surface area contributed by atoms with Crippen molar-refractivity contribution in [1.82, 2.24) is 19.7 Å². The monoisotopic (exact) mass is 469 g/mol. The van der Waals surface area contributed by atoms with Gasteiger partial charge in [-0.25, -0.2) is 4.98 Å². The molecule has 1 amide bonds. The topological polar surface area (TPSA) is 72.7 Å². The molecule has 0 atom stereocenters. The van der Waals surface area contributed by atoms with Crippen molar-refractivity contribution >= 4 is 45.5 Å². The molecule has 3 aromatic heterocycles. The SMILES string of the molecule is CCn1c(SCC(=O)Nc2nc(-c3ccc(C)cc3)cs2)nnc1-c1csc(C)c1C. The van der Waals surface area contributed by atoms with E-state index < -0.39 is 0 Å². The second-order valence-corrected chi connectivity index (χ2v) is 10.0. The van der Waals surface area contributed by atoms with Crippen LogP contribution in [0.4, 0.5) is 5.13 Å². The van der Waals surface area contributed by atoms with Gasteiger partial charge in [-0.1, -0.05) is 41.6 Å². The van der Waals surface area contributed by atoms with Gasteiger partial charge in [-0.15, -0.1) is 32.9 Å². The number of rotatable bonds is 7. The lowest BCUT2D eigenvalue weighted by Crippen LogP contribution is -2.14. The number of hydrogen-bond acceptors (Lipinski definition) is 7. The van der Waals surface area contributed by atoms with Crippen molar-refractivity contribution in [2.75, 3.05) is 11.1 Å². The van der Waals surface area contributed by atoms with E-state index in [9.17, 15) is 4.79 Å². The average molecular weight is 470 g/mol. The maximum absolute atomic E-state index is 12.5. The molecular formula is C22H23N5OS3. The molecule has 0 aliphatic carbocycles. The summed E-state index contributed by atoms with van der Waals surface area (Å²) in [5.41, 5.74) is 5.45. The quantitative estimate of drug-likeness (QED) is 0.346. The number of carbonyl (C=O) groups excluding carboxylic acids is 1. The van der Waals surface area contributed by atoms with Crippen LogP contribution in [0.5, 0.6) is 0 Å². The van der Waals surface area contributed by atoms with Gasteiger partial charge in [0.2, 0.25) is 5.91 Å². The highest BCUT2D eigenvalue weighted by Gasteiger charge is 2.18. The second-order valence-electron chi connectivity index (χ2n) is 7.12. The Balaban J connectivity index is 1.40. The Bertz CT molecular complexity index is 1210. The van der Waals surface area contributed by atoms with E-state index in [1.807, 2.05) is 17.5 Å². The first-order valence-electron chi connectivity index (χ1n) is 9.89. The molecule has 4 aromatic rings. The average Bonchev–Trinajstić information content (AvgIpc) is 3.47. The van der Waals surface area contributed by atoms with Crippen LogP contribution in [-0.2, 0) is 11.3 Å². The Morgan fingerprint density at radius 3 is 2.55 bits per heavy atom. The number of aromatic nitrogens is 4. The molecule has 4 rings (SSSR count). The Kier molecular flexibility index (Phi) is 6.54. The molecule has 31 heavy (non-hydrogen) atoms. The maximum Gasteiger partial charge on any atom is 0.236 e. The molecule has 1 aromatic carbocycles.